The highest BCUT2D eigenvalue weighted by atomic mass is 35.5. The number of carbonyl (C=O) groups is 1. The Hall–Kier alpha value is -3.10. The maximum absolute atomic E-state index is 12.9. The highest BCUT2D eigenvalue weighted by molar-refractivity contribution is 6.33. The summed E-state index contributed by atoms with van der Waals surface area (Å²) in [7, 11) is 3.15. The molecule has 1 fully saturated rings. The molecule has 2 unspecified atom stereocenters. The molecule has 0 bridgehead atoms. The summed E-state index contributed by atoms with van der Waals surface area (Å²) >= 11 is 6.11. The van der Waals surface area contributed by atoms with E-state index in [1.165, 1.54) is 13.2 Å². The van der Waals surface area contributed by atoms with Gasteiger partial charge in [-0.2, -0.15) is 5.26 Å². The number of nitrogens with zero attached hydrogens (tertiary/aromatic N) is 3. The summed E-state index contributed by atoms with van der Waals surface area (Å²) in [5.41, 5.74) is 7.08. The number of nitrogens with one attached hydrogen (secondary N) is 2. The Morgan fingerprint density at radius 3 is 2.89 bits per heavy atom. The van der Waals surface area contributed by atoms with Crippen molar-refractivity contribution in [1.82, 2.24) is 15.2 Å². The lowest BCUT2D eigenvalue weighted by molar-refractivity contribution is 0.00606. The fourth-order valence-electron chi connectivity index (χ4n) is 4.05. The van der Waals surface area contributed by atoms with E-state index in [1.807, 2.05) is 0 Å². The first-order valence-electron chi connectivity index (χ1n) is 11.2. The number of ether oxygens (including phenoxy) is 2. The van der Waals surface area contributed by atoms with Gasteiger partial charge in [-0.15, -0.1) is 0 Å². The molecule has 10 nitrogen and oxygen atoms in total. The molecule has 1 amide bonds. The third kappa shape index (κ3) is 7.44. The summed E-state index contributed by atoms with van der Waals surface area (Å²) in [5.74, 6) is 0.739. The SMILES string of the molecule is COc1cc(N)c(Cl)cc1C(=O)NC1CCN(CCCCNc2ncccc2C#N)CC1OC.O. The van der Waals surface area contributed by atoms with Crippen LogP contribution in [0.1, 0.15) is 35.2 Å². The van der Waals surface area contributed by atoms with Crippen LogP contribution in [0.25, 0.3) is 0 Å². The molecule has 1 aliphatic heterocycles. The Balaban J connectivity index is 0.00000432. The molecular formula is C24H33ClN6O4. The first-order valence-corrected chi connectivity index (χ1v) is 11.6. The molecular weight excluding hydrogens is 472 g/mol. The lowest BCUT2D eigenvalue weighted by Gasteiger charge is -2.38. The van der Waals surface area contributed by atoms with E-state index in [0.29, 0.717) is 33.4 Å². The van der Waals surface area contributed by atoms with E-state index in [4.69, 9.17) is 32.1 Å². The lowest BCUT2D eigenvalue weighted by Crippen LogP contribution is -2.54. The van der Waals surface area contributed by atoms with Crippen LogP contribution < -0.4 is 21.1 Å². The Morgan fingerprint density at radius 1 is 1.37 bits per heavy atom. The highest BCUT2D eigenvalue weighted by Gasteiger charge is 2.31. The third-order valence-corrected chi connectivity index (χ3v) is 6.27. The minimum absolute atomic E-state index is 0. The molecule has 2 atom stereocenters. The van der Waals surface area contributed by atoms with Crippen molar-refractivity contribution in [3.8, 4) is 11.8 Å². The van der Waals surface area contributed by atoms with E-state index in [9.17, 15) is 4.79 Å². The van der Waals surface area contributed by atoms with Crippen LogP contribution in [0.4, 0.5) is 11.5 Å². The molecule has 1 aromatic carbocycles. The standard InChI is InChI=1S/C24H31ClN6O3.H2O/c1-33-21-13-19(27)18(25)12-17(21)24(32)30-20-7-11-31(15-22(20)34-2)10-4-3-8-28-23-16(14-26)6-5-9-29-23;/h5-6,9,12-13,20,22H,3-4,7-8,10-11,15,27H2,1-2H3,(H,28,29)(H,30,32);1H2. The fourth-order valence-corrected chi connectivity index (χ4v) is 4.22. The molecule has 1 aliphatic rings. The van der Waals surface area contributed by atoms with Crippen LogP contribution in [0.5, 0.6) is 5.75 Å². The number of pyridine rings is 1. The number of rotatable bonds is 10. The Labute approximate surface area is 210 Å². The molecule has 0 aliphatic carbocycles. The van der Waals surface area contributed by atoms with Gasteiger partial charge in [-0.1, -0.05) is 11.6 Å². The van der Waals surface area contributed by atoms with E-state index in [2.05, 4.69) is 26.6 Å². The molecule has 190 valence electrons. The highest BCUT2D eigenvalue weighted by Crippen LogP contribution is 2.29. The van der Waals surface area contributed by atoms with Gasteiger partial charge >= 0.3 is 0 Å². The van der Waals surface area contributed by atoms with Gasteiger partial charge in [-0.25, -0.2) is 4.98 Å². The number of hydrogen-bond acceptors (Lipinski definition) is 8. The molecule has 35 heavy (non-hydrogen) atoms. The van der Waals surface area contributed by atoms with Gasteiger partial charge in [0, 0.05) is 39.0 Å². The van der Waals surface area contributed by atoms with Crippen LogP contribution in [-0.4, -0.2) is 73.8 Å². The smallest absolute Gasteiger partial charge is 0.255 e. The van der Waals surface area contributed by atoms with E-state index in [0.717, 1.165) is 45.4 Å². The maximum Gasteiger partial charge on any atom is 0.255 e. The van der Waals surface area contributed by atoms with E-state index in [-0.39, 0.29) is 23.5 Å². The largest absolute Gasteiger partial charge is 0.496 e. The average molecular weight is 505 g/mol. The van der Waals surface area contributed by atoms with Crippen molar-refractivity contribution < 1.29 is 19.7 Å². The van der Waals surface area contributed by atoms with Gasteiger partial charge in [0.05, 0.1) is 41.1 Å². The molecule has 0 radical (unpaired) electrons. The van der Waals surface area contributed by atoms with Crippen molar-refractivity contribution in [2.24, 2.45) is 0 Å². The van der Waals surface area contributed by atoms with Crippen molar-refractivity contribution in [2.75, 3.05) is 51.4 Å². The molecule has 0 spiro atoms. The predicted molar refractivity (Wildman–Crippen MR) is 136 cm³/mol. The zero-order valence-electron chi connectivity index (χ0n) is 20.0. The van der Waals surface area contributed by atoms with Crippen molar-refractivity contribution in [3.05, 3.63) is 46.6 Å². The number of benzene rings is 1. The fraction of sp³-hybridized carbons (Fsp3) is 0.458. The summed E-state index contributed by atoms with van der Waals surface area (Å²) in [6, 6.07) is 8.61. The number of unbranched alkanes of at least 4 members (excludes halogenated alkanes) is 1. The number of methoxy groups -OCH3 is 2. The molecule has 11 heteroatoms. The zero-order chi connectivity index (χ0) is 24.5. The van der Waals surface area contributed by atoms with Crippen molar-refractivity contribution >= 4 is 29.0 Å². The quantitative estimate of drug-likeness (QED) is 0.328. The second kappa shape index (κ2) is 13.7. The second-order valence-electron chi connectivity index (χ2n) is 8.16. The molecule has 2 aromatic rings. The van der Waals surface area contributed by atoms with Gasteiger partial charge in [0.1, 0.15) is 17.6 Å². The molecule has 2 heterocycles. The number of nitrogen functional groups attached to an aromatic ring is 1. The van der Waals surface area contributed by atoms with Crippen LogP contribution in [0.3, 0.4) is 0 Å². The number of hydrogen-bond donors (Lipinski definition) is 3. The van der Waals surface area contributed by atoms with Gasteiger partial charge in [-0.05, 0) is 44.0 Å². The maximum atomic E-state index is 12.9. The third-order valence-electron chi connectivity index (χ3n) is 5.95. The van der Waals surface area contributed by atoms with Crippen molar-refractivity contribution in [1.29, 1.82) is 5.26 Å². The van der Waals surface area contributed by atoms with Crippen LogP contribution in [-0.2, 0) is 4.74 Å². The number of nitrogens with two attached hydrogens (primary N) is 1. The number of piperidine rings is 1. The molecule has 1 aromatic heterocycles. The van der Waals surface area contributed by atoms with Gasteiger partial charge in [0.2, 0.25) is 0 Å². The zero-order valence-corrected chi connectivity index (χ0v) is 20.8. The summed E-state index contributed by atoms with van der Waals surface area (Å²) in [6.45, 7) is 3.26. The van der Waals surface area contributed by atoms with Gasteiger partial charge in [0.15, 0.2) is 0 Å². The van der Waals surface area contributed by atoms with Gasteiger partial charge < -0.3 is 36.2 Å². The van der Waals surface area contributed by atoms with Crippen molar-refractivity contribution in [3.63, 3.8) is 0 Å². The van der Waals surface area contributed by atoms with E-state index >= 15 is 0 Å². The second-order valence-corrected chi connectivity index (χ2v) is 8.57. The Morgan fingerprint density at radius 2 is 2.17 bits per heavy atom. The summed E-state index contributed by atoms with van der Waals surface area (Å²) in [6.07, 6.45) is 4.27. The minimum atomic E-state index is -0.267. The Kier molecular flexibility index (Phi) is 11.0. The van der Waals surface area contributed by atoms with E-state index < -0.39 is 0 Å². The van der Waals surface area contributed by atoms with Crippen molar-refractivity contribution in [2.45, 2.75) is 31.4 Å². The van der Waals surface area contributed by atoms with Crippen LogP contribution in [0.2, 0.25) is 5.02 Å². The Bertz CT molecular complexity index is 1030. The molecule has 0 saturated carbocycles. The minimum Gasteiger partial charge on any atom is -0.496 e. The number of halogens is 1. The predicted octanol–water partition coefficient (Wildman–Crippen LogP) is 2.08. The van der Waals surface area contributed by atoms with Gasteiger partial charge in [0.25, 0.3) is 5.91 Å². The lowest BCUT2D eigenvalue weighted by atomic mass is 10.0. The normalized spacial score (nSPS) is 17.7. The first-order chi connectivity index (χ1) is 16.5. The summed E-state index contributed by atoms with van der Waals surface area (Å²) in [4.78, 5) is 19.5. The number of nitriles is 1. The summed E-state index contributed by atoms with van der Waals surface area (Å²) < 4.78 is 11.0. The molecule has 3 rings (SSSR count). The topological polar surface area (TPSA) is 157 Å². The van der Waals surface area contributed by atoms with Crippen LogP contribution >= 0.6 is 11.6 Å². The monoisotopic (exact) mass is 504 g/mol. The number of carbonyl (C=O) groups excluding carboxylic acids is 1. The average Bonchev–Trinajstić information content (AvgIpc) is 2.86. The number of aromatic nitrogens is 1. The molecule has 6 N–H and O–H groups in total. The number of anilines is 2. The van der Waals surface area contributed by atoms with Crippen LogP contribution in [0, 0.1) is 11.3 Å². The number of likely N-dealkylation sites (tertiary alicyclic amines) is 1. The summed E-state index contributed by atoms with van der Waals surface area (Å²) in [5, 5.41) is 15.7. The van der Waals surface area contributed by atoms with Crippen LogP contribution in [0.15, 0.2) is 30.5 Å². The van der Waals surface area contributed by atoms with E-state index in [1.54, 1.807) is 31.5 Å². The molecule has 1 saturated heterocycles. The number of amides is 1. The first kappa shape index (κ1) is 28.1. The van der Waals surface area contributed by atoms with Gasteiger partial charge in [-0.3, -0.25) is 4.79 Å².